The van der Waals surface area contributed by atoms with E-state index in [0.717, 1.165) is 44.2 Å². The molecule has 52 heavy (non-hydrogen) atoms. The summed E-state index contributed by atoms with van der Waals surface area (Å²) in [6, 6.07) is 57.7. The molecular formula is C51H34O. The van der Waals surface area contributed by atoms with E-state index < -0.39 is 0 Å². The number of hydrogen-bond donors (Lipinski definition) is 0. The number of furan rings is 1. The highest BCUT2D eigenvalue weighted by molar-refractivity contribution is 6.23. The lowest BCUT2D eigenvalue weighted by atomic mass is 9.84. The van der Waals surface area contributed by atoms with E-state index in [2.05, 4.69) is 176 Å². The van der Waals surface area contributed by atoms with Crippen molar-refractivity contribution >= 4 is 77.2 Å². The molecule has 0 amide bonds. The molecule has 0 N–H and O–H groups in total. The van der Waals surface area contributed by atoms with E-state index in [9.17, 15) is 0 Å². The van der Waals surface area contributed by atoms with Crippen LogP contribution in [-0.2, 0) is 0 Å². The fourth-order valence-electron chi connectivity index (χ4n) is 8.28. The van der Waals surface area contributed by atoms with E-state index in [1.165, 1.54) is 65.3 Å². The Labute approximate surface area is 302 Å². The monoisotopic (exact) mass is 662 g/mol. The summed E-state index contributed by atoms with van der Waals surface area (Å²) in [4.78, 5) is 0. The van der Waals surface area contributed by atoms with Crippen LogP contribution >= 0.6 is 0 Å². The van der Waals surface area contributed by atoms with Crippen molar-refractivity contribution in [2.75, 3.05) is 0 Å². The highest BCUT2D eigenvalue weighted by atomic mass is 16.3. The van der Waals surface area contributed by atoms with Crippen molar-refractivity contribution in [1.29, 1.82) is 0 Å². The van der Waals surface area contributed by atoms with Crippen molar-refractivity contribution in [3.8, 4) is 33.4 Å². The Balaban J connectivity index is 1.26. The van der Waals surface area contributed by atoms with Crippen molar-refractivity contribution < 1.29 is 4.42 Å². The Kier molecular flexibility index (Phi) is 6.94. The fourth-order valence-corrected chi connectivity index (χ4v) is 8.28. The Morgan fingerprint density at radius 3 is 1.62 bits per heavy atom. The molecule has 244 valence electrons. The minimum Gasteiger partial charge on any atom is -0.456 e. The minimum absolute atomic E-state index is 0.879. The lowest BCUT2D eigenvalue weighted by Crippen LogP contribution is -1.92. The lowest BCUT2D eigenvalue weighted by Gasteiger charge is -2.19. The molecule has 0 spiro atoms. The van der Waals surface area contributed by atoms with Gasteiger partial charge in [-0.1, -0.05) is 146 Å². The van der Waals surface area contributed by atoms with Crippen molar-refractivity contribution in [1.82, 2.24) is 0 Å². The summed E-state index contributed by atoms with van der Waals surface area (Å²) >= 11 is 0. The van der Waals surface area contributed by atoms with Gasteiger partial charge < -0.3 is 4.42 Å². The Hall–Kier alpha value is -6.70. The van der Waals surface area contributed by atoms with Gasteiger partial charge >= 0.3 is 0 Å². The number of benzene rings is 9. The highest BCUT2D eigenvalue weighted by Gasteiger charge is 2.19. The maximum absolute atomic E-state index is 6.52. The van der Waals surface area contributed by atoms with E-state index in [1.54, 1.807) is 0 Å². The molecule has 1 heteroatoms. The quantitative estimate of drug-likeness (QED) is 0.167. The van der Waals surface area contributed by atoms with Gasteiger partial charge in [-0.25, -0.2) is 0 Å². The summed E-state index contributed by atoms with van der Waals surface area (Å²) in [5.41, 5.74) is 11.2. The standard InChI is InChI=1S/C51H34O/c1-3-11-41-32(4-2)24-27-47-51(41)45-26-23-38(31-48(45)52-47)37-22-25-44-46(30-37)50(40-21-19-34-13-6-8-15-36(34)29-40)43-17-10-9-16-42(43)49(44)39-20-18-33-12-5-7-14-35(33)28-39/h3-31H,2H2,1H3/b11-3-. The third kappa shape index (κ3) is 4.71. The van der Waals surface area contributed by atoms with Crippen LogP contribution in [0.2, 0.25) is 0 Å². The van der Waals surface area contributed by atoms with Gasteiger partial charge in [0, 0.05) is 10.8 Å². The van der Waals surface area contributed by atoms with E-state index >= 15 is 0 Å². The fraction of sp³-hybridized carbons (Fsp3) is 0.0196. The van der Waals surface area contributed by atoms with Crippen LogP contribution in [0.15, 0.2) is 175 Å². The van der Waals surface area contributed by atoms with Gasteiger partial charge in [-0.05, 0) is 131 Å². The van der Waals surface area contributed by atoms with Crippen molar-refractivity contribution in [3.63, 3.8) is 0 Å². The third-order valence-corrected chi connectivity index (χ3v) is 10.7. The predicted molar refractivity (Wildman–Crippen MR) is 225 cm³/mol. The van der Waals surface area contributed by atoms with E-state index in [-0.39, 0.29) is 0 Å². The normalized spacial score (nSPS) is 11.9. The third-order valence-electron chi connectivity index (χ3n) is 10.7. The Bertz CT molecular complexity index is 3100. The summed E-state index contributed by atoms with van der Waals surface area (Å²) in [7, 11) is 0. The van der Waals surface area contributed by atoms with E-state index in [4.69, 9.17) is 4.42 Å². The molecule has 0 aliphatic carbocycles. The van der Waals surface area contributed by atoms with Crippen LogP contribution in [0.1, 0.15) is 18.1 Å². The molecular weight excluding hydrogens is 629 g/mol. The number of allylic oxidation sites excluding steroid dienone is 1. The highest BCUT2D eigenvalue weighted by Crippen LogP contribution is 2.46. The molecule has 1 aromatic heterocycles. The molecule has 0 saturated heterocycles. The lowest BCUT2D eigenvalue weighted by molar-refractivity contribution is 0.669. The van der Waals surface area contributed by atoms with Crippen molar-refractivity contribution in [2.24, 2.45) is 0 Å². The number of fused-ring (bicyclic) bond motifs is 7. The molecule has 9 aromatic carbocycles. The van der Waals surface area contributed by atoms with Gasteiger partial charge in [-0.2, -0.15) is 0 Å². The van der Waals surface area contributed by atoms with Gasteiger partial charge in [-0.15, -0.1) is 0 Å². The first-order chi connectivity index (χ1) is 25.7. The van der Waals surface area contributed by atoms with Crippen LogP contribution in [0.25, 0.3) is 111 Å². The molecule has 0 aliphatic rings. The molecule has 1 heterocycles. The first-order valence-corrected chi connectivity index (χ1v) is 17.9. The van der Waals surface area contributed by atoms with Gasteiger partial charge in [0.25, 0.3) is 0 Å². The van der Waals surface area contributed by atoms with Crippen LogP contribution in [0, 0.1) is 0 Å². The van der Waals surface area contributed by atoms with Crippen molar-refractivity contribution in [2.45, 2.75) is 6.92 Å². The molecule has 10 rings (SSSR count). The summed E-state index contributed by atoms with van der Waals surface area (Å²) in [5.74, 6) is 0. The van der Waals surface area contributed by atoms with Gasteiger partial charge in [0.2, 0.25) is 0 Å². The average molecular weight is 663 g/mol. The zero-order chi connectivity index (χ0) is 34.8. The zero-order valence-corrected chi connectivity index (χ0v) is 28.9. The maximum atomic E-state index is 6.52. The minimum atomic E-state index is 0.879. The number of rotatable bonds is 5. The van der Waals surface area contributed by atoms with Gasteiger partial charge in [0.05, 0.1) is 0 Å². The molecule has 0 aliphatic heterocycles. The second kappa shape index (κ2) is 12.0. The molecule has 0 unspecified atom stereocenters. The summed E-state index contributed by atoms with van der Waals surface area (Å²) in [6.07, 6.45) is 6.14. The summed E-state index contributed by atoms with van der Waals surface area (Å²) < 4.78 is 6.52. The van der Waals surface area contributed by atoms with Crippen LogP contribution in [0.5, 0.6) is 0 Å². The summed E-state index contributed by atoms with van der Waals surface area (Å²) in [6.45, 7) is 6.11. The van der Waals surface area contributed by atoms with Crippen molar-refractivity contribution in [3.05, 3.63) is 182 Å². The van der Waals surface area contributed by atoms with E-state index in [0.29, 0.717) is 0 Å². The van der Waals surface area contributed by atoms with Crippen LogP contribution in [-0.4, -0.2) is 0 Å². The molecule has 0 fully saturated rings. The smallest absolute Gasteiger partial charge is 0.136 e. The predicted octanol–water partition coefficient (Wildman–Crippen LogP) is 14.9. The van der Waals surface area contributed by atoms with Crippen LogP contribution in [0.4, 0.5) is 0 Å². The molecule has 0 saturated carbocycles. The van der Waals surface area contributed by atoms with Gasteiger partial charge in [0.1, 0.15) is 11.2 Å². The second-order valence-corrected chi connectivity index (χ2v) is 13.6. The average Bonchev–Trinajstić information content (AvgIpc) is 3.58. The van der Waals surface area contributed by atoms with Crippen LogP contribution < -0.4 is 0 Å². The molecule has 10 aromatic rings. The topological polar surface area (TPSA) is 13.1 Å². The number of hydrogen-bond acceptors (Lipinski definition) is 1. The Morgan fingerprint density at radius 1 is 0.442 bits per heavy atom. The second-order valence-electron chi connectivity index (χ2n) is 13.6. The molecule has 0 radical (unpaired) electrons. The van der Waals surface area contributed by atoms with Gasteiger partial charge in [0.15, 0.2) is 0 Å². The first kappa shape index (κ1) is 30.2. The van der Waals surface area contributed by atoms with E-state index in [1.807, 2.05) is 13.0 Å². The SMILES string of the molecule is C=Cc1ccc2oc3cc(-c4ccc5c(-c6ccc7ccccc7c6)c6ccccc6c(-c6ccc7ccccc7c6)c5c4)ccc3c2c1/C=C\C. The zero-order valence-electron chi connectivity index (χ0n) is 28.9. The molecule has 0 atom stereocenters. The largest absolute Gasteiger partial charge is 0.456 e. The maximum Gasteiger partial charge on any atom is 0.136 e. The van der Waals surface area contributed by atoms with Crippen LogP contribution in [0.3, 0.4) is 0 Å². The molecule has 1 nitrogen and oxygen atoms in total. The molecule has 0 bridgehead atoms. The first-order valence-electron chi connectivity index (χ1n) is 17.9. The van der Waals surface area contributed by atoms with Gasteiger partial charge in [-0.3, -0.25) is 0 Å². The summed E-state index contributed by atoms with van der Waals surface area (Å²) in [5, 5.41) is 12.2. The Morgan fingerprint density at radius 2 is 0.981 bits per heavy atom.